The van der Waals surface area contributed by atoms with Gasteiger partial charge in [0.15, 0.2) is 0 Å². The van der Waals surface area contributed by atoms with E-state index >= 15 is 0 Å². The zero-order valence-corrected chi connectivity index (χ0v) is 19.3. The van der Waals surface area contributed by atoms with Crippen LogP contribution in [0.4, 0.5) is 0 Å². The number of hydrogen-bond acceptors (Lipinski definition) is 7. The van der Waals surface area contributed by atoms with Gasteiger partial charge in [-0.1, -0.05) is 34.1 Å². The number of carbonyl (C=O) groups is 5. The van der Waals surface area contributed by atoms with Crippen molar-refractivity contribution in [2.45, 2.75) is 71.1 Å². The molecule has 0 aliphatic rings. The second-order valence-electron chi connectivity index (χ2n) is 7.80. The van der Waals surface area contributed by atoms with Crippen molar-refractivity contribution >= 4 is 42.2 Å². The van der Waals surface area contributed by atoms with E-state index in [-0.39, 0.29) is 30.4 Å². The fourth-order valence-corrected chi connectivity index (χ4v) is 2.80. The van der Waals surface area contributed by atoms with Gasteiger partial charge in [-0.3, -0.25) is 19.2 Å². The van der Waals surface area contributed by atoms with Gasteiger partial charge in [0.05, 0.1) is 6.04 Å². The number of amides is 4. The third-order valence-electron chi connectivity index (χ3n) is 4.87. The fraction of sp³-hybridized carbons (Fsp3) is 0.737. The van der Waals surface area contributed by atoms with Gasteiger partial charge in [0.2, 0.25) is 23.6 Å². The number of nitrogens with one attached hydrogen (secondary N) is 3. The Morgan fingerprint density at radius 3 is 1.90 bits per heavy atom. The number of aliphatic carboxylic acids is 1. The van der Waals surface area contributed by atoms with E-state index in [1.54, 1.807) is 27.7 Å². The molecule has 5 unspecified atom stereocenters. The van der Waals surface area contributed by atoms with Crippen LogP contribution in [0.1, 0.15) is 47.0 Å². The Labute approximate surface area is 187 Å². The van der Waals surface area contributed by atoms with Crippen LogP contribution in [0.3, 0.4) is 0 Å². The number of nitrogens with two attached hydrogens (primary N) is 2. The number of thiol groups is 1. The van der Waals surface area contributed by atoms with Crippen molar-refractivity contribution in [3.63, 3.8) is 0 Å². The topological polar surface area (TPSA) is 194 Å². The molecule has 31 heavy (non-hydrogen) atoms. The molecule has 5 atom stereocenters. The lowest BCUT2D eigenvalue weighted by atomic mass is 9.98. The van der Waals surface area contributed by atoms with Crippen molar-refractivity contribution in [2.24, 2.45) is 23.3 Å². The summed E-state index contributed by atoms with van der Waals surface area (Å²) in [5.41, 5.74) is 10.8. The summed E-state index contributed by atoms with van der Waals surface area (Å²) in [7, 11) is 0. The normalized spacial score (nSPS) is 15.8. The summed E-state index contributed by atoms with van der Waals surface area (Å²) in [6, 6.07) is -4.31. The standard InChI is InChI=1S/C19H35N5O6S/c1-5-10(4)15(19(29)30)24-17(27)12(6-7-13(21)25)22-18(28)14(9(2)3)23-16(26)11(20)8-31/h9-12,14-15,31H,5-8,20H2,1-4H3,(H2,21,25)(H,22,28)(H,23,26)(H,24,27)(H,29,30). The number of carboxylic acids is 1. The Balaban J connectivity index is 5.52. The highest BCUT2D eigenvalue weighted by atomic mass is 32.1. The molecule has 8 N–H and O–H groups in total. The maximum Gasteiger partial charge on any atom is 0.326 e. The Kier molecular flexibility index (Phi) is 12.8. The van der Waals surface area contributed by atoms with Gasteiger partial charge in [-0.05, 0) is 18.3 Å². The molecule has 0 aromatic heterocycles. The van der Waals surface area contributed by atoms with Gasteiger partial charge in [-0.2, -0.15) is 12.6 Å². The minimum Gasteiger partial charge on any atom is -0.480 e. The highest BCUT2D eigenvalue weighted by molar-refractivity contribution is 7.80. The van der Waals surface area contributed by atoms with Gasteiger partial charge in [0.1, 0.15) is 18.1 Å². The second-order valence-corrected chi connectivity index (χ2v) is 8.16. The van der Waals surface area contributed by atoms with Crippen LogP contribution < -0.4 is 27.4 Å². The van der Waals surface area contributed by atoms with E-state index in [4.69, 9.17) is 11.5 Å². The Morgan fingerprint density at radius 1 is 0.935 bits per heavy atom. The SMILES string of the molecule is CCC(C)C(NC(=O)C(CCC(N)=O)NC(=O)C(NC(=O)C(N)CS)C(C)C)C(=O)O. The van der Waals surface area contributed by atoms with Crippen molar-refractivity contribution in [3.05, 3.63) is 0 Å². The summed E-state index contributed by atoms with van der Waals surface area (Å²) < 4.78 is 0. The van der Waals surface area contributed by atoms with Crippen LogP contribution in [-0.2, 0) is 24.0 Å². The number of rotatable bonds is 14. The van der Waals surface area contributed by atoms with Gasteiger partial charge < -0.3 is 32.5 Å². The predicted octanol–water partition coefficient (Wildman–Crippen LogP) is -1.25. The average molecular weight is 462 g/mol. The Morgan fingerprint density at radius 2 is 1.48 bits per heavy atom. The van der Waals surface area contributed by atoms with Gasteiger partial charge in [-0.25, -0.2) is 4.79 Å². The van der Waals surface area contributed by atoms with Crippen LogP contribution >= 0.6 is 12.6 Å². The quantitative estimate of drug-likeness (QED) is 0.157. The Hall–Kier alpha value is -2.34. The molecule has 11 nitrogen and oxygen atoms in total. The van der Waals surface area contributed by atoms with Crippen LogP contribution in [0.15, 0.2) is 0 Å². The lowest BCUT2D eigenvalue weighted by molar-refractivity contribution is -0.144. The molecule has 178 valence electrons. The summed E-state index contributed by atoms with van der Waals surface area (Å²) in [5.74, 6) is -4.54. The van der Waals surface area contributed by atoms with Gasteiger partial charge >= 0.3 is 5.97 Å². The molecule has 0 bridgehead atoms. The summed E-state index contributed by atoms with van der Waals surface area (Å²) in [5, 5.41) is 16.8. The van der Waals surface area contributed by atoms with Crippen LogP contribution in [-0.4, -0.2) is 64.6 Å². The van der Waals surface area contributed by atoms with Gasteiger partial charge in [0, 0.05) is 12.2 Å². The molecule has 0 spiro atoms. The van der Waals surface area contributed by atoms with Crippen molar-refractivity contribution in [1.29, 1.82) is 0 Å². The van der Waals surface area contributed by atoms with E-state index in [0.717, 1.165) is 0 Å². The molecule has 0 rings (SSSR count). The summed E-state index contributed by atoms with van der Waals surface area (Å²) in [6.45, 7) is 6.84. The second kappa shape index (κ2) is 13.9. The molecule has 0 aliphatic heterocycles. The lowest BCUT2D eigenvalue weighted by Crippen LogP contribution is -2.59. The monoisotopic (exact) mass is 461 g/mol. The van der Waals surface area contributed by atoms with E-state index < -0.39 is 53.8 Å². The number of carboxylic acid groups (broad SMARTS) is 1. The van der Waals surface area contributed by atoms with Gasteiger partial charge in [0.25, 0.3) is 0 Å². The lowest BCUT2D eigenvalue weighted by Gasteiger charge is -2.27. The van der Waals surface area contributed by atoms with E-state index in [2.05, 4.69) is 28.6 Å². The molecular weight excluding hydrogens is 426 g/mol. The van der Waals surface area contributed by atoms with Crippen LogP contribution in [0, 0.1) is 11.8 Å². The molecule has 12 heteroatoms. The summed E-state index contributed by atoms with van der Waals surface area (Å²) in [6.07, 6.45) is 0.166. The van der Waals surface area contributed by atoms with Crippen molar-refractivity contribution < 1.29 is 29.1 Å². The maximum absolute atomic E-state index is 12.8. The molecule has 0 saturated heterocycles. The smallest absolute Gasteiger partial charge is 0.326 e. The fourth-order valence-electron chi connectivity index (χ4n) is 2.63. The first kappa shape index (κ1) is 28.7. The molecule has 4 amide bonds. The van der Waals surface area contributed by atoms with Crippen LogP contribution in [0.5, 0.6) is 0 Å². The number of primary amides is 1. The van der Waals surface area contributed by atoms with Crippen LogP contribution in [0.25, 0.3) is 0 Å². The average Bonchev–Trinajstić information content (AvgIpc) is 2.70. The number of hydrogen-bond donors (Lipinski definition) is 7. The third-order valence-corrected chi connectivity index (χ3v) is 5.26. The minimum absolute atomic E-state index is 0.0775. The van der Waals surface area contributed by atoms with Crippen LogP contribution in [0.2, 0.25) is 0 Å². The summed E-state index contributed by atoms with van der Waals surface area (Å²) >= 11 is 3.95. The largest absolute Gasteiger partial charge is 0.480 e. The molecule has 0 heterocycles. The molecule has 0 fully saturated rings. The van der Waals surface area contributed by atoms with E-state index in [1.165, 1.54) is 0 Å². The number of carbonyl (C=O) groups excluding carboxylic acids is 4. The highest BCUT2D eigenvalue weighted by Gasteiger charge is 2.32. The molecule has 0 aromatic carbocycles. The molecule has 0 radical (unpaired) electrons. The molecule has 0 aliphatic carbocycles. The molecular formula is C19H35N5O6S. The van der Waals surface area contributed by atoms with E-state index in [9.17, 15) is 29.1 Å². The van der Waals surface area contributed by atoms with Gasteiger partial charge in [-0.15, -0.1) is 0 Å². The zero-order chi connectivity index (χ0) is 24.3. The Bertz CT molecular complexity index is 660. The molecule has 0 aromatic rings. The maximum atomic E-state index is 12.8. The molecule has 0 saturated carbocycles. The van der Waals surface area contributed by atoms with E-state index in [1.807, 2.05) is 0 Å². The van der Waals surface area contributed by atoms with Crippen molar-refractivity contribution in [2.75, 3.05) is 5.75 Å². The first-order valence-electron chi connectivity index (χ1n) is 10.1. The first-order valence-corrected chi connectivity index (χ1v) is 10.8. The zero-order valence-electron chi connectivity index (χ0n) is 18.4. The highest BCUT2D eigenvalue weighted by Crippen LogP contribution is 2.10. The first-order chi connectivity index (χ1) is 14.3. The predicted molar refractivity (Wildman–Crippen MR) is 118 cm³/mol. The van der Waals surface area contributed by atoms with E-state index in [0.29, 0.717) is 6.42 Å². The minimum atomic E-state index is -1.22. The summed E-state index contributed by atoms with van der Waals surface area (Å²) in [4.78, 5) is 60.3. The van der Waals surface area contributed by atoms with Crippen molar-refractivity contribution in [1.82, 2.24) is 16.0 Å². The third kappa shape index (κ3) is 10.0. The van der Waals surface area contributed by atoms with Crippen molar-refractivity contribution in [3.8, 4) is 0 Å².